The van der Waals surface area contributed by atoms with Crippen LogP contribution in [-0.4, -0.2) is 30.8 Å². The summed E-state index contributed by atoms with van der Waals surface area (Å²) in [5, 5.41) is 13.2. The van der Waals surface area contributed by atoms with Gasteiger partial charge in [0.25, 0.3) is 5.95 Å². The summed E-state index contributed by atoms with van der Waals surface area (Å²) in [5.41, 5.74) is 1.28. The number of carboxylic acid groups (broad SMARTS) is 1. The summed E-state index contributed by atoms with van der Waals surface area (Å²) in [7, 11) is 0. The van der Waals surface area contributed by atoms with Crippen molar-refractivity contribution in [2.45, 2.75) is 6.92 Å². The molecule has 0 saturated heterocycles. The van der Waals surface area contributed by atoms with E-state index in [9.17, 15) is 4.79 Å². The summed E-state index contributed by atoms with van der Waals surface area (Å²) in [6, 6.07) is 0. The van der Waals surface area contributed by atoms with Crippen LogP contribution >= 0.6 is 11.6 Å². The molecule has 2 heterocycles. The van der Waals surface area contributed by atoms with E-state index in [1.165, 1.54) is 23.2 Å². The minimum atomic E-state index is -1.02. The van der Waals surface area contributed by atoms with E-state index < -0.39 is 5.97 Å². The summed E-state index contributed by atoms with van der Waals surface area (Å²) in [6.07, 6.45) is 7.05. The van der Waals surface area contributed by atoms with Crippen molar-refractivity contribution in [3.63, 3.8) is 0 Å². The van der Waals surface area contributed by atoms with Crippen molar-refractivity contribution in [3.05, 3.63) is 40.9 Å². The Balaban J connectivity index is 2.24. The molecule has 6 nitrogen and oxygen atoms in total. The van der Waals surface area contributed by atoms with E-state index in [0.717, 1.165) is 6.08 Å². The molecule has 0 aliphatic rings. The first-order valence-electron chi connectivity index (χ1n) is 5.01. The van der Waals surface area contributed by atoms with Gasteiger partial charge in [-0.25, -0.2) is 19.4 Å². The van der Waals surface area contributed by atoms with Gasteiger partial charge < -0.3 is 5.11 Å². The minimum absolute atomic E-state index is 0.373. The van der Waals surface area contributed by atoms with Gasteiger partial charge in [0.15, 0.2) is 0 Å². The fraction of sp³-hybridized carbons (Fsp3) is 0.0909. The molecule has 0 radical (unpaired) electrons. The van der Waals surface area contributed by atoms with E-state index in [-0.39, 0.29) is 0 Å². The van der Waals surface area contributed by atoms with Crippen molar-refractivity contribution in [1.29, 1.82) is 0 Å². The number of hydrogen-bond donors (Lipinski definition) is 1. The van der Waals surface area contributed by atoms with Crippen LogP contribution in [0.4, 0.5) is 0 Å². The highest BCUT2D eigenvalue weighted by atomic mass is 35.5. The third kappa shape index (κ3) is 2.72. The lowest BCUT2D eigenvalue weighted by Gasteiger charge is -1.98. The van der Waals surface area contributed by atoms with Crippen LogP contribution in [-0.2, 0) is 4.79 Å². The first-order chi connectivity index (χ1) is 8.56. The quantitative estimate of drug-likeness (QED) is 0.854. The molecule has 18 heavy (non-hydrogen) atoms. The Hall–Kier alpha value is -2.21. The van der Waals surface area contributed by atoms with Gasteiger partial charge in [-0.15, -0.1) is 0 Å². The molecule has 0 aliphatic heterocycles. The summed E-state index contributed by atoms with van der Waals surface area (Å²) in [4.78, 5) is 18.5. The second-order valence-corrected chi connectivity index (χ2v) is 3.90. The maximum absolute atomic E-state index is 10.3. The van der Waals surface area contributed by atoms with Crippen molar-refractivity contribution in [2.75, 3.05) is 0 Å². The molecule has 92 valence electrons. The van der Waals surface area contributed by atoms with Gasteiger partial charge in [-0.05, 0) is 13.0 Å². The molecule has 0 unspecified atom stereocenters. The van der Waals surface area contributed by atoms with Crippen LogP contribution in [0.25, 0.3) is 12.0 Å². The normalized spacial score (nSPS) is 11.0. The van der Waals surface area contributed by atoms with Crippen molar-refractivity contribution in [3.8, 4) is 5.95 Å². The monoisotopic (exact) mass is 264 g/mol. The molecule has 2 rings (SSSR count). The van der Waals surface area contributed by atoms with Crippen LogP contribution < -0.4 is 0 Å². The molecule has 0 amide bonds. The average Bonchev–Trinajstić information content (AvgIpc) is 2.68. The Bertz CT molecular complexity index is 585. The maximum Gasteiger partial charge on any atom is 0.328 e. The number of carboxylic acids is 1. The summed E-state index contributed by atoms with van der Waals surface area (Å²) < 4.78 is 1.46. The molecule has 0 bridgehead atoms. The van der Waals surface area contributed by atoms with Gasteiger partial charge in [0.1, 0.15) is 0 Å². The van der Waals surface area contributed by atoms with E-state index in [0.29, 0.717) is 22.2 Å². The summed E-state index contributed by atoms with van der Waals surface area (Å²) in [5.74, 6) is -0.647. The molecule has 0 saturated carbocycles. The van der Waals surface area contributed by atoms with E-state index in [4.69, 9.17) is 16.7 Å². The van der Waals surface area contributed by atoms with Crippen LogP contribution in [0.2, 0.25) is 5.02 Å². The zero-order valence-electron chi connectivity index (χ0n) is 9.41. The van der Waals surface area contributed by atoms with Crippen LogP contribution in [0.5, 0.6) is 0 Å². The molecule has 1 N–H and O–H groups in total. The molecule has 0 aliphatic carbocycles. The lowest BCUT2D eigenvalue weighted by molar-refractivity contribution is -0.131. The zero-order chi connectivity index (χ0) is 13.1. The zero-order valence-corrected chi connectivity index (χ0v) is 10.2. The Morgan fingerprint density at radius 1 is 1.44 bits per heavy atom. The van der Waals surface area contributed by atoms with Gasteiger partial charge >= 0.3 is 5.97 Å². The number of nitrogens with zero attached hydrogens (tertiary/aromatic N) is 4. The Labute approximate surface area is 108 Å². The van der Waals surface area contributed by atoms with E-state index in [1.807, 2.05) is 0 Å². The van der Waals surface area contributed by atoms with Crippen LogP contribution in [0.3, 0.4) is 0 Å². The highest BCUT2D eigenvalue weighted by Gasteiger charge is 2.05. The first kappa shape index (κ1) is 12.3. The number of hydrogen-bond acceptors (Lipinski definition) is 4. The molecular weight excluding hydrogens is 256 g/mol. The SMILES string of the molecule is Cc1nn(-c2ncc(/C=C/C(=O)O)cn2)cc1Cl. The van der Waals surface area contributed by atoms with E-state index in [1.54, 1.807) is 13.1 Å². The maximum atomic E-state index is 10.3. The van der Waals surface area contributed by atoms with Crippen molar-refractivity contribution in [1.82, 2.24) is 19.7 Å². The third-order valence-corrected chi connectivity index (χ3v) is 2.49. The lowest BCUT2D eigenvalue weighted by Crippen LogP contribution is -2.01. The van der Waals surface area contributed by atoms with Gasteiger partial charge in [0.05, 0.1) is 16.9 Å². The van der Waals surface area contributed by atoms with Crippen molar-refractivity contribution < 1.29 is 9.90 Å². The predicted octanol–water partition coefficient (Wildman–Crippen LogP) is 1.72. The summed E-state index contributed by atoms with van der Waals surface area (Å²) >= 11 is 5.88. The highest BCUT2D eigenvalue weighted by Crippen LogP contribution is 2.14. The molecule has 0 fully saturated rings. The number of aryl methyl sites for hydroxylation is 1. The molecule has 0 spiro atoms. The number of aliphatic carboxylic acids is 1. The average molecular weight is 265 g/mol. The van der Waals surface area contributed by atoms with Crippen molar-refractivity contribution >= 4 is 23.6 Å². The third-order valence-electron chi connectivity index (χ3n) is 2.12. The predicted molar refractivity (Wildman–Crippen MR) is 65.6 cm³/mol. The second kappa shape index (κ2) is 4.97. The smallest absolute Gasteiger partial charge is 0.328 e. The second-order valence-electron chi connectivity index (χ2n) is 3.49. The number of halogens is 1. The molecule has 0 aromatic carbocycles. The standard InChI is InChI=1S/C11H9ClN4O2/c1-7-9(12)6-16(15-7)11-13-4-8(5-14-11)2-3-10(17)18/h2-6H,1H3,(H,17,18)/b3-2+. The fourth-order valence-electron chi connectivity index (χ4n) is 1.24. The number of rotatable bonds is 3. The van der Waals surface area contributed by atoms with Gasteiger partial charge in [-0.3, -0.25) is 0 Å². The van der Waals surface area contributed by atoms with Gasteiger partial charge in [-0.1, -0.05) is 11.6 Å². The molecule has 2 aromatic rings. The lowest BCUT2D eigenvalue weighted by atomic mass is 10.3. The number of carbonyl (C=O) groups is 1. The molecule has 2 aromatic heterocycles. The Kier molecular flexibility index (Phi) is 3.38. The van der Waals surface area contributed by atoms with Gasteiger partial charge in [0.2, 0.25) is 0 Å². The minimum Gasteiger partial charge on any atom is -0.478 e. The van der Waals surface area contributed by atoms with Crippen LogP contribution in [0.15, 0.2) is 24.7 Å². The first-order valence-corrected chi connectivity index (χ1v) is 5.39. The van der Waals surface area contributed by atoms with Gasteiger partial charge in [-0.2, -0.15) is 5.10 Å². The van der Waals surface area contributed by atoms with Crippen molar-refractivity contribution in [2.24, 2.45) is 0 Å². The highest BCUT2D eigenvalue weighted by molar-refractivity contribution is 6.31. The van der Waals surface area contributed by atoms with Crippen LogP contribution in [0, 0.1) is 6.92 Å². The van der Waals surface area contributed by atoms with Crippen LogP contribution in [0.1, 0.15) is 11.3 Å². The molecule has 7 heteroatoms. The molecular formula is C11H9ClN4O2. The topological polar surface area (TPSA) is 80.9 Å². The molecule has 0 atom stereocenters. The van der Waals surface area contributed by atoms with Gasteiger partial charge in [0, 0.05) is 24.0 Å². The largest absolute Gasteiger partial charge is 0.478 e. The fourth-order valence-corrected chi connectivity index (χ4v) is 1.37. The number of aromatic nitrogens is 4. The Morgan fingerprint density at radius 2 is 2.11 bits per heavy atom. The van der Waals surface area contributed by atoms with E-state index in [2.05, 4.69) is 15.1 Å². The summed E-state index contributed by atoms with van der Waals surface area (Å²) in [6.45, 7) is 1.78. The van der Waals surface area contributed by atoms with E-state index >= 15 is 0 Å². The Morgan fingerprint density at radius 3 is 2.61 bits per heavy atom.